The Bertz CT molecular complexity index is 1050. The SMILES string of the molecule is CCc1ccc2c(CC(=O)N(C)Cc3nc4ccccc4s3)coc2c1. The van der Waals surface area contributed by atoms with E-state index < -0.39 is 0 Å². The molecule has 5 heteroatoms. The van der Waals surface area contributed by atoms with Crippen LogP contribution in [0, 0.1) is 0 Å². The van der Waals surface area contributed by atoms with Crippen LogP contribution in [0.15, 0.2) is 53.1 Å². The number of carbonyl (C=O) groups is 1. The zero-order valence-corrected chi connectivity index (χ0v) is 15.7. The number of fused-ring (bicyclic) bond motifs is 2. The number of likely N-dealkylation sites (N-methyl/N-ethyl adjacent to an activating group) is 1. The molecule has 0 aliphatic heterocycles. The van der Waals surface area contributed by atoms with Gasteiger partial charge in [-0.05, 0) is 30.2 Å². The van der Waals surface area contributed by atoms with Crippen LogP contribution in [-0.2, 0) is 24.2 Å². The maximum Gasteiger partial charge on any atom is 0.227 e. The van der Waals surface area contributed by atoms with Crippen LogP contribution >= 0.6 is 11.3 Å². The van der Waals surface area contributed by atoms with E-state index in [1.807, 2.05) is 37.4 Å². The van der Waals surface area contributed by atoms with Crippen molar-refractivity contribution in [3.05, 3.63) is 64.9 Å². The molecule has 132 valence electrons. The van der Waals surface area contributed by atoms with Crippen LogP contribution in [0.3, 0.4) is 0 Å². The van der Waals surface area contributed by atoms with E-state index in [2.05, 4.69) is 24.0 Å². The van der Waals surface area contributed by atoms with Crippen LogP contribution in [0.2, 0.25) is 0 Å². The van der Waals surface area contributed by atoms with Crippen molar-refractivity contribution in [1.82, 2.24) is 9.88 Å². The van der Waals surface area contributed by atoms with Gasteiger partial charge in [-0.25, -0.2) is 4.98 Å². The Morgan fingerprint density at radius 1 is 1.23 bits per heavy atom. The van der Waals surface area contributed by atoms with Gasteiger partial charge in [0.1, 0.15) is 10.6 Å². The third kappa shape index (κ3) is 3.22. The molecule has 0 saturated heterocycles. The summed E-state index contributed by atoms with van der Waals surface area (Å²) in [6.07, 6.45) is 3.00. The summed E-state index contributed by atoms with van der Waals surface area (Å²) < 4.78 is 6.80. The molecule has 2 heterocycles. The molecule has 2 aromatic heterocycles. The molecule has 0 radical (unpaired) electrons. The van der Waals surface area contributed by atoms with Crippen molar-refractivity contribution in [2.24, 2.45) is 0 Å². The highest BCUT2D eigenvalue weighted by molar-refractivity contribution is 7.18. The van der Waals surface area contributed by atoms with Crippen LogP contribution in [0.1, 0.15) is 23.1 Å². The predicted molar refractivity (Wildman–Crippen MR) is 105 cm³/mol. The van der Waals surface area contributed by atoms with E-state index in [1.165, 1.54) is 5.56 Å². The molecule has 2 aromatic carbocycles. The Morgan fingerprint density at radius 3 is 2.88 bits per heavy atom. The number of benzene rings is 2. The monoisotopic (exact) mass is 364 g/mol. The van der Waals surface area contributed by atoms with Crippen LogP contribution < -0.4 is 0 Å². The summed E-state index contributed by atoms with van der Waals surface area (Å²) in [6.45, 7) is 2.64. The highest BCUT2D eigenvalue weighted by atomic mass is 32.1. The highest BCUT2D eigenvalue weighted by Gasteiger charge is 2.16. The smallest absolute Gasteiger partial charge is 0.227 e. The van der Waals surface area contributed by atoms with Crippen LogP contribution in [0.25, 0.3) is 21.2 Å². The molecule has 4 rings (SSSR count). The van der Waals surface area contributed by atoms with E-state index in [-0.39, 0.29) is 5.91 Å². The average molecular weight is 364 g/mol. The van der Waals surface area contributed by atoms with Gasteiger partial charge in [0.25, 0.3) is 0 Å². The molecule has 26 heavy (non-hydrogen) atoms. The minimum Gasteiger partial charge on any atom is -0.464 e. The first-order chi connectivity index (χ1) is 12.6. The topological polar surface area (TPSA) is 46.3 Å². The van der Waals surface area contributed by atoms with E-state index in [9.17, 15) is 4.79 Å². The third-order valence-electron chi connectivity index (χ3n) is 4.61. The van der Waals surface area contributed by atoms with Gasteiger partial charge >= 0.3 is 0 Å². The lowest BCUT2D eigenvalue weighted by Gasteiger charge is -2.15. The number of aryl methyl sites for hydroxylation is 1. The number of nitrogens with zero attached hydrogens (tertiary/aromatic N) is 2. The van der Waals surface area contributed by atoms with E-state index in [0.29, 0.717) is 13.0 Å². The van der Waals surface area contributed by atoms with Gasteiger partial charge in [0.15, 0.2) is 0 Å². The van der Waals surface area contributed by atoms with Crippen molar-refractivity contribution >= 4 is 38.4 Å². The number of hydrogen-bond acceptors (Lipinski definition) is 4. The van der Waals surface area contributed by atoms with E-state index in [0.717, 1.165) is 38.2 Å². The maximum absolute atomic E-state index is 12.7. The second-order valence-corrected chi connectivity index (χ2v) is 7.56. The lowest BCUT2D eigenvalue weighted by atomic mass is 10.1. The first kappa shape index (κ1) is 16.8. The fourth-order valence-electron chi connectivity index (χ4n) is 3.06. The Kier molecular flexibility index (Phi) is 4.47. The fraction of sp³-hybridized carbons (Fsp3) is 0.238. The molecule has 4 aromatic rings. The van der Waals surface area contributed by atoms with E-state index >= 15 is 0 Å². The van der Waals surface area contributed by atoms with Crippen molar-refractivity contribution in [2.75, 3.05) is 7.05 Å². The average Bonchev–Trinajstić information content (AvgIpc) is 3.24. The second kappa shape index (κ2) is 6.92. The molecule has 0 fully saturated rings. The number of para-hydroxylation sites is 1. The summed E-state index contributed by atoms with van der Waals surface area (Å²) in [6, 6.07) is 14.2. The number of furan rings is 1. The zero-order valence-electron chi connectivity index (χ0n) is 14.9. The number of aromatic nitrogens is 1. The van der Waals surface area contributed by atoms with Crippen molar-refractivity contribution in [1.29, 1.82) is 0 Å². The third-order valence-corrected chi connectivity index (χ3v) is 5.63. The first-order valence-corrected chi connectivity index (χ1v) is 9.53. The number of amides is 1. The minimum atomic E-state index is 0.0616. The zero-order chi connectivity index (χ0) is 18.1. The molecular weight excluding hydrogens is 344 g/mol. The molecule has 0 aliphatic carbocycles. The minimum absolute atomic E-state index is 0.0616. The lowest BCUT2D eigenvalue weighted by molar-refractivity contribution is -0.129. The molecule has 0 bridgehead atoms. The summed E-state index contributed by atoms with van der Waals surface area (Å²) in [7, 11) is 1.83. The molecule has 0 saturated carbocycles. The molecule has 4 nitrogen and oxygen atoms in total. The van der Waals surface area contributed by atoms with Gasteiger partial charge in [-0.3, -0.25) is 4.79 Å². The van der Waals surface area contributed by atoms with Crippen molar-refractivity contribution in [3.8, 4) is 0 Å². The van der Waals surface area contributed by atoms with Crippen LogP contribution in [0.5, 0.6) is 0 Å². The van der Waals surface area contributed by atoms with Gasteiger partial charge in [-0.15, -0.1) is 11.3 Å². The Hall–Kier alpha value is -2.66. The van der Waals surface area contributed by atoms with Crippen molar-refractivity contribution in [2.45, 2.75) is 26.3 Å². The van der Waals surface area contributed by atoms with Crippen molar-refractivity contribution < 1.29 is 9.21 Å². The summed E-state index contributed by atoms with van der Waals surface area (Å²) >= 11 is 1.63. The standard InChI is InChI=1S/C21H20N2O2S/c1-3-14-8-9-16-15(13-25-18(16)10-14)11-21(24)23(2)12-20-22-17-6-4-5-7-19(17)26-20/h4-10,13H,3,11-12H2,1-2H3. The highest BCUT2D eigenvalue weighted by Crippen LogP contribution is 2.25. The van der Waals surface area contributed by atoms with E-state index in [1.54, 1.807) is 22.5 Å². The van der Waals surface area contributed by atoms with E-state index in [4.69, 9.17) is 4.42 Å². The maximum atomic E-state index is 12.7. The van der Waals surface area contributed by atoms with Gasteiger partial charge < -0.3 is 9.32 Å². The normalized spacial score (nSPS) is 11.3. The van der Waals surface area contributed by atoms with Crippen LogP contribution in [0.4, 0.5) is 0 Å². The summed E-state index contributed by atoms with van der Waals surface area (Å²) in [5, 5.41) is 1.97. The lowest BCUT2D eigenvalue weighted by Crippen LogP contribution is -2.27. The Balaban J connectivity index is 1.48. The Morgan fingerprint density at radius 2 is 2.08 bits per heavy atom. The molecule has 0 unspecified atom stereocenters. The van der Waals surface area contributed by atoms with Gasteiger partial charge in [0.2, 0.25) is 5.91 Å². The van der Waals surface area contributed by atoms with Gasteiger partial charge in [-0.1, -0.05) is 31.2 Å². The van der Waals surface area contributed by atoms with Gasteiger partial charge in [0.05, 0.1) is 29.4 Å². The summed E-state index contributed by atoms with van der Waals surface area (Å²) in [5.41, 5.74) is 4.00. The Labute approximate surface area is 156 Å². The van der Waals surface area contributed by atoms with Crippen molar-refractivity contribution in [3.63, 3.8) is 0 Å². The first-order valence-electron chi connectivity index (χ1n) is 8.71. The molecule has 0 atom stereocenters. The largest absolute Gasteiger partial charge is 0.464 e. The number of rotatable bonds is 5. The number of hydrogen-bond donors (Lipinski definition) is 0. The van der Waals surface area contributed by atoms with Crippen LogP contribution in [-0.4, -0.2) is 22.8 Å². The predicted octanol–water partition coefficient (Wildman–Crippen LogP) is 4.81. The molecule has 0 spiro atoms. The number of thiazole rings is 1. The molecular formula is C21H20N2O2S. The van der Waals surface area contributed by atoms with Gasteiger partial charge in [0, 0.05) is 18.0 Å². The quantitative estimate of drug-likeness (QED) is 0.511. The fourth-order valence-corrected chi connectivity index (χ4v) is 4.08. The summed E-state index contributed by atoms with van der Waals surface area (Å²) in [5.74, 6) is 0.0616. The second-order valence-electron chi connectivity index (χ2n) is 6.45. The summed E-state index contributed by atoms with van der Waals surface area (Å²) in [4.78, 5) is 19.0. The molecule has 1 amide bonds. The molecule has 0 aliphatic rings. The number of carbonyl (C=O) groups excluding carboxylic acids is 1. The van der Waals surface area contributed by atoms with Gasteiger partial charge in [-0.2, -0.15) is 0 Å². The molecule has 0 N–H and O–H groups in total.